The summed E-state index contributed by atoms with van der Waals surface area (Å²) in [6.45, 7) is 0. The molecule has 1 saturated carbocycles. The van der Waals surface area contributed by atoms with Gasteiger partial charge >= 0.3 is 5.97 Å². The molecule has 1 aliphatic rings. The minimum atomic E-state index is -3.56. The van der Waals surface area contributed by atoms with E-state index in [0.29, 0.717) is 12.8 Å². The molecule has 104 valence electrons. The minimum absolute atomic E-state index is 0.0131. The van der Waals surface area contributed by atoms with Gasteiger partial charge in [0, 0.05) is 0 Å². The summed E-state index contributed by atoms with van der Waals surface area (Å²) in [5.74, 6) is -1.25. The van der Waals surface area contributed by atoms with Crippen LogP contribution in [-0.4, -0.2) is 24.7 Å². The molecule has 1 aromatic carbocycles. The Balaban J connectivity index is 2.33. The van der Waals surface area contributed by atoms with Gasteiger partial charge in [-0.15, -0.1) is 0 Å². The van der Waals surface area contributed by atoms with Crippen molar-refractivity contribution in [2.75, 3.05) is 4.72 Å². The Labute approximate surface area is 116 Å². The van der Waals surface area contributed by atoms with Gasteiger partial charge in [0.2, 0.25) is 10.0 Å². The van der Waals surface area contributed by atoms with E-state index in [1.54, 1.807) is 0 Å². The van der Waals surface area contributed by atoms with Gasteiger partial charge in [0.1, 0.15) is 5.56 Å². The van der Waals surface area contributed by atoms with E-state index in [-0.39, 0.29) is 16.3 Å². The zero-order chi connectivity index (χ0) is 14.0. The SMILES string of the molecule is O=C(O)c1c(Cl)cccc1NS(=O)(=O)C1CCCC1. The third-order valence-electron chi connectivity index (χ3n) is 3.22. The van der Waals surface area contributed by atoms with Gasteiger partial charge in [-0.2, -0.15) is 0 Å². The fourth-order valence-corrected chi connectivity index (χ4v) is 4.11. The predicted octanol–water partition coefficient (Wildman–Crippen LogP) is 2.72. The van der Waals surface area contributed by atoms with Crippen molar-refractivity contribution in [1.29, 1.82) is 0 Å². The first-order valence-corrected chi connectivity index (χ1v) is 7.87. The second-order valence-electron chi connectivity index (χ2n) is 4.52. The van der Waals surface area contributed by atoms with Crippen LogP contribution >= 0.6 is 11.6 Å². The van der Waals surface area contributed by atoms with E-state index in [0.717, 1.165) is 12.8 Å². The maximum atomic E-state index is 12.1. The first kappa shape index (κ1) is 14.1. The molecule has 0 aliphatic heterocycles. The van der Waals surface area contributed by atoms with Gasteiger partial charge in [-0.25, -0.2) is 13.2 Å². The summed E-state index contributed by atoms with van der Waals surface area (Å²) in [6.07, 6.45) is 2.98. The monoisotopic (exact) mass is 303 g/mol. The van der Waals surface area contributed by atoms with Crippen molar-refractivity contribution in [3.8, 4) is 0 Å². The van der Waals surface area contributed by atoms with Gasteiger partial charge in [-0.1, -0.05) is 30.5 Å². The zero-order valence-electron chi connectivity index (χ0n) is 10.1. The van der Waals surface area contributed by atoms with Crippen molar-refractivity contribution in [2.24, 2.45) is 0 Å². The van der Waals surface area contributed by atoms with Crippen LogP contribution in [0.3, 0.4) is 0 Å². The molecule has 0 heterocycles. The Morgan fingerprint density at radius 1 is 1.32 bits per heavy atom. The van der Waals surface area contributed by atoms with E-state index in [1.165, 1.54) is 18.2 Å². The number of rotatable bonds is 4. The van der Waals surface area contributed by atoms with Gasteiger partial charge in [0.05, 0.1) is 16.0 Å². The average Bonchev–Trinajstić information content (AvgIpc) is 2.81. The molecule has 0 unspecified atom stereocenters. The molecule has 2 N–H and O–H groups in total. The zero-order valence-corrected chi connectivity index (χ0v) is 11.7. The van der Waals surface area contributed by atoms with Crippen LogP contribution in [0.4, 0.5) is 5.69 Å². The van der Waals surface area contributed by atoms with Gasteiger partial charge in [-0.3, -0.25) is 4.72 Å². The smallest absolute Gasteiger partial charge is 0.339 e. The number of benzene rings is 1. The van der Waals surface area contributed by atoms with Crippen molar-refractivity contribution in [3.63, 3.8) is 0 Å². The van der Waals surface area contributed by atoms with E-state index in [4.69, 9.17) is 16.7 Å². The van der Waals surface area contributed by atoms with Crippen LogP contribution in [0, 0.1) is 0 Å². The van der Waals surface area contributed by atoms with Crippen molar-refractivity contribution in [1.82, 2.24) is 0 Å². The Hall–Kier alpha value is -1.27. The summed E-state index contributed by atoms with van der Waals surface area (Å²) in [6, 6.07) is 4.33. The Morgan fingerprint density at radius 2 is 1.95 bits per heavy atom. The van der Waals surface area contributed by atoms with Gasteiger partial charge in [0.25, 0.3) is 0 Å². The number of carbonyl (C=O) groups is 1. The van der Waals surface area contributed by atoms with Gasteiger partial charge < -0.3 is 5.11 Å². The highest BCUT2D eigenvalue weighted by Gasteiger charge is 2.30. The topological polar surface area (TPSA) is 83.5 Å². The second-order valence-corrected chi connectivity index (χ2v) is 6.89. The van der Waals surface area contributed by atoms with Crippen LogP contribution in [0.2, 0.25) is 5.02 Å². The van der Waals surface area contributed by atoms with Crippen LogP contribution < -0.4 is 4.72 Å². The molecule has 0 aromatic heterocycles. The molecule has 1 aliphatic carbocycles. The summed E-state index contributed by atoms with van der Waals surface area (Å²) in [4.78, 5) is 11.1. The minimum Gasteiger partial charge on any atom is -0.478 e. The fraction of sp³-hybridized carbons (Fsp3) is 0.417. The number of carboxylic acid groups (broad SMARTS) is 1. The highest BCUT2D eigenvalue weighted by atomic mass is 35.5. The van der Waals surface area contributed by atoms with Crippen LogP contribution in [0.25, 0.3) is 0 Å². The van der Waals surface area contributed by atoms with Crippen molar-refractivity contribution >= 4 is 33.3 Å². The lowest BCUT2D eigenvalue weighted by atomic mass is 10.2. The first-order chi connectivity index (χ1) is 8.92. The highest BCUT2D eigenvalue weighted by molar-refractivity contribution is 7.93. The number of nitrogens with one attached hydrogen (secondary N) is 1. The third kappa shape index (κ3) is 3.01. The molecule has 19 heavy (non-hydrogen) atoms. The quantitative estimate of drug-likeness (QED) is 0.896. The maximum absolute atomic E-state index is 12.1. The standard InChI is InChI=1S/C12H14ClNO4S/c13-9-6-3-7-10(11(9)12(15)16)14-19(17,18)8-4-1-2-5-8/h3,6-8,14H,1-2,4-5H2,(H,15,16). The molecule has 0 atom stereocenters. The third-order valence-corrected chi connectivity index (χ3v) is 5.39. The van der Waals surface area contributed by atoms with E-state index in [2.05, 4.69) is 4.72 Å². The summed E-state index contributed by atoms with van der Waals surface area (Å²) >= 11 is 5.80. The molecule has 0 spiro atoms. The average molecular weight is 304 g/mol. The molecule has 0 amide bonds. The number of sulfonamides is 1. The molecule has 0 bridgehead atoms. The van der Waals surface area contributed by atoms with E-state index in [1.807, 2.05) is 0 Å². The number of carboxylic acids is 1. The normalized spacial score (nSPS) is 16.5. The van der Waals surface area contributed by atoms with Crippen molar-refractivity contribution in [3.05, 3.63) is 28.8 Å². The largest absolute Gasteiger partial charge is 0.478 e. The number of aromatic carboxylic acids is 1. The Kier molecular flexibility index (Phi) is 4.01. The van der Waals surface area contributed by atoms with Crippen LogP contribution in [0.5, 0.6) is 0 Å². The number of hydrogen-bond acceptors (Lipinski definition) is 3. The maximum Gasteiger partial charge on any atom is 0.339 e. The van der Waals surface area contributed by atoms with Gasteiger partial charge in [-0.05, 0) is 25.0 Å². The molecule has 5 nitrogen and oxygen atoms in total. The first-order valence-electron chi connectivity index (χ1n) is 5.95. The van der Waals surface area contributed by atoms with Crippen LogP contribution in [0.1, 0.15) is 36.0 Å². The van der Waals surface area contributed by atoms with Crippen LogP contribution in [-0.2, 0) is 10.0 Å². The molecular weight excluding hydrogens is 290 g/mol. The summed E-state index contributed by atoms with van der Waals surface area (Å²) in [5, 5.41) is 8.65. The predicted molar refractivity (Wildman–Crippen MR) is 73.2 cm³/mol. The van der Waals surface area contributed by atoms with E-state index < -0.39 is 21.2 Å². The van der Waals surface area contributed by atoms with E-state index in [9.17, 15) is 13.2 Å². The molecule has 1 fully saturated rings. The fourth-order valence-electron chi connectivity index (χ4n) is 2.26. The van der Waals surface area contributed by atoms with E-state index >= 15 is 0 Å². The lowest BCUT2D eigenvalue weighted by Crippen LogP contribution is -2.26. The molecule has 2 rings (SSSR count). The number of hydrogen-bond donors (Lipinski definition) is 2. The molecular formula is C12H14ClNO4S. The molecule has 0 radical (unpaired) electrons. The number of halogens is 1. The van der Waals surface area contributed by atoms with Crippen molar-refractivity contribution in [2.45, 2.75) is 30.9 Å². The summed E-state index contributed by atoms with van der Waals surface area (Å²) in [7, 11) is -3.56. The molecule has 1 aromatic rings. The Morgan fingerprint density at radius 3 is 2.53 bits per heavy atom. The lowest BCUT2D eigenvalue weighted by molar-refractivity contribution is 0.0698. The summed E-state index contributed by atoms with van der Waals surface area (Å²) < 4.78 is 26.6. The summed E-state index contributed by atoms with van der Waals surface area (Å²) in [5.41, 5.74) is -0.197. The molecule has 0 saturated heterocycles. The van der Waals surface area contributed by atoms with Crippen molar-refractivity contribution < 1.29 is 18.3 Å². The lowest BCUT2D eigenvalue weighted by Gasteiger charge is -2.15. The second kappa shape index (κ2) is 5.38. The Bertz CT molecular complexity index is 594. The highest BCUT2D eigenvalue weighted by Crippen LogP contribution is 2.29. The molecule has 7 heteroatoms. The number of anilines is 1. The van der Waals surface area contributed by atoms with Gasteiger partial charge in [0.15, 0.2) is 0 Å². The van der Waals surface area contributed by atoms with Crippen LogP contribution in [0.15, 0.2) is 18.2 Å².